The Balaban J connectivity index is 1.29. The number of piperazine rings is 1. The summed E-state index contributed by atoms with van der Waals surface area (Å²) in [5.74, 6) is 0.318. The van der Waals surface area contributed by atoms with Gasteiger partial charge in [-0.15, -0.1) is 0 Å². The first-order valence-electron chi connectivity index (χ1n) is 13.1. The van der Waals surface area contributed by atoms with Crippen LogP contribution in [-0.4, -0.2) is 70.3 Å². The number of fused-ring (bicyclic) bond motifs is 2. The lowest BCUT2D eigenvalue weighted by atomic mass is 9.80. The van der Waals surface area contributed by atoms with E-state index >= 15 is 0 Å². The number of nitriles is 1. The molecule has 35 heavy (non-hydrogen) atoms. The van der Waals surface area contributed by atoms with Crippen LogP contribution in [0.2, 0.25) is 0 Å². The number of carbonyl (C=O) groups excluding carboxylic acids is 2. The van der Waals surface area contributed by atoms with Crippen LogP contribution in [0.3, 0.4) is 0 Å². The van der Waals surface area contributed by atoms with Gasteiger partial charge in [0.25, 0.3) is 0 Å². The SMILES string of the molecule is CC1CC(C#N)N(C(=O)C(N)CN2C[C@@H]3CC2C(=O)N3[C@H](c2ccc(F)cc2)C2CCCCC2)C1. The van der Waals surface area contributed by atoms with Gasteiger partial charge in [-0.05, 0) is 55.2 Å². The minimum atomic E-state index is -0.747. The quantitative estimate of drug-likeness (QED) is 0.674. The van der Waals surface area contributed by atoms with Gasteiger partial charge in [0.15, 0.2) is 0 Å². The fourth-order valence-electron chi connectivity index (χ4n) is 6.98. The molecule has 0 aromatic heterocycles. The van der Waals surface area contributed by atoms with Crippen LogP contribution in [0.15, 0.2) is 24.3 Å². The number of likely N-dealkylation sites (tertiary alicyclic amines) is 3. The molecule has 3 aliphatic heterocycles. The molecule has 4 fully saturated rings. The van der Waals surface area contributed by atoms with Gasteiger partial charge in [-0.2, -0.15) is 5.26 Å². The molecule has 1 aromatic carbocycles. The number of benzene rings is 1. The molecule has 0 radical (unpaired) electrons. The zero-order valence-electron chi connectivity index (χ0n) is 20.5. The van der Waals surface area contributed by atoms with Gasteiger partial charge in [-0.25, -0.2) is 4.39 Å². The zero-order valence-corrected chi connectivity index (χ0v) is 20.5. The number of nitrogens with two attached hydrogens (primary N) is 1. The lowest BCUT2D eigenvalue weighted by Crippen LogP contribution is -2.57. The average Bonchev–Trinajstić information content (AvgIpc) is 3.54. The van der Waals surface area contributed by atoms with Crippen LogP contribution in [-0.2, 0) is 9.59 Å². The minimum absolute atomic E-state index is 0.0293. The monoisotopic (exact) mass is 481 g/mol. The van der Waals surface area contributed by atoms with Crippen LogP contribution in [0, 0.1) is 29.0 Å². The predicted molar refractivity (Wildman–Crippen MR) is 129 cm³/mol. The van der Waals surface area contributed by atoms with Gasteiger partial charge in [0, 0.05) is 25.7 Å². The molecule has 1 aromatic rings. The van der Waals surface area contributed by atoms with Crippen molar-refractivity contribution in [3.8, 4) is 6.07 Å². The molecule has 1 saturated carbocycles. The summed E-state index contributed by atoms with van der Waals surface area (Å²) in [5.41, 5.74) is 7.35. The van der Waals surface area contributed by atoms with Crippen LogP contribution < -0.4 is 5.73 Å². The van der Waals surface area contributed by atoms with Gasteiger partial charge < -0.3 is 15.5 Å². The van der Waals surface area contributed by atoms with Crippen LogP contribution in [0.4, 0.5) is 4.39 Å². The summed E-state index contributed by atoms with van der Waals surface area (Å²) in [4.78, 5) is 32.5. The van der Waals surface area contributed by atoms with Crippen LogP contribution in [0.5, 0.6) is 0 Å². The second-order valence-electron chi connectivity index (χ2n) is 11.1. The predicted octanol–water partition coefficient (Wildman–Crippen LogP) is 2.82. The van der Waals surface area contributed by atoms with E-state index in [4.69, 9.17) is 5.73 Å². The molecule has 4 aliphatic rings. The highest BCUT2D eigenvalue weighted by Gasteiger charge is 2.53. The van der Waals surface area contributed by atoms with E-state index in [1.807, 2.05) is 19.1 Å². The van der Waals surface area contributed by atoms with E-state index in [1.165, 1.54) is 31.4 Å². The summed E-state index contributed by atoms with van der Waals surface area (Å²) in [6, 6.07) is 7.50. The van der Waals surface area contributed by atoms with Crippen molar-refractivity contribution in [3.63, 3.8) is 0 Å². The topological polar surface area (TPSA) is 93.7 Å². The van der Waals surface area contributed by atoms with Crippen molar-refractivity contribution in [2.75, 3.05) is 19.6 Å². The number of halogens is 1. The second kappa shape index (κ2) is 9.87. The summed E-state index contributed by atoms with van der Waals surface area (Å²) < 4.78 is 13.7. The number of nitrogens with zero attached hydrogens (tertiary/aromatic N) is 4. The number of rotatable bonds is 6. The van der Waals surface area contributed by atoms with E-state index in [1.54, 1.807) is 4.90 Å². The van der Waals surface area contributed by atoms with Gasteiger partial charge in [-0.1, -0.05) is 38.3 Å². The molecule has 1 aliphatic carbocycles. The second-order valence-corrected chi connectivity index (χ2v) is 11.1. The highest BCUT2D eigenvalue weighted by atomic mass is 19.1. The van der Waals surface area contributed by atoms with Crippen molar-refractivity contribution in [3.05, 3.63) is 35.6 Å². The molecule has 188 valence electrons. The lowest BCUT2D eigenvalue weighted by molar-refractivity contribution is -0.142. The lowest BCUT2D eigenvalue weighted by Gasteiger charge is -2.43. The molecule has 2 bridgehead atoms. The third kappa shape index (κ3) is 4.56. The Bertz CT molecular complexity index is 988. The van der Waals surface area contributed by atoms with Crippen molar-refractivity contribution >= 4 is 11.8 Å². The summed E-state index contributed by atoms with van der Waals surface area (Å²) in [6.07, 6.45) is 7.16. The first-order chi connectivity index (χ1) is 16.9. The molecule has 8 heteroatoms. The summed E-state index contributed by atoms with van der Waals surface area (Å²) >= 11 is 0. The molecule has 6 atom stereocenters. The number of carbonyl (C=O) groups is 2. The Labute approximate surface area is 207 Å². The van der Waals surface area contributed by atoms with Crippen molar-refractivity contribution in [1.82, 2.24) is 14.7 Å². The molecule has 2 amide bonds. The Hall–Kier alpha value is -2.50. The normalized spacial score (nSPS) is 31.1. The number of hydrogen-bond acceptors (Lipinski definition) is 5. The van der Waals surface area contributed by atoms with E-state index in [2.05, 4.69) is 15.9 Å². The first kappa shape index (κ1) is 24.2. The summed E-state index contributed by atoms with van der Waals surface area (Å²) in [5, 5.41) is 9.42. The van der Waals surface area contributed by atoms with E-state index in [0.717, 1.165) is 24.8 Å². The van der Waals surface area contributed by atoms with Gasteiger partial charge >= 0.3 is 0 Å². The van der Waals surface area contributed by atoms with Crippen LogP contribution in [0.1, 0.15) is 63.5 Å². The summed E-state index contributed by atoms with van der Waals surface area (Å²) in [6.45, 7) is 3.62. The van der Waals surface area contributed by atoms with E-state index in [0.29, 0.717) is 32.0 Å². The number of hydrogen-bond donors (Lipinski definition) is 1. The Morgan fingerprint density at radius 1 is 1.17 bits per heavy atom. The first-order valence-corrected chi connectivity index (χ1v) is 13.1. The molecule has 3 saturated heterocycles. The molecule has 7 nitrogen and oxygen atoms in total. The molecule has 5 rings (SSSR count). The Morgan fingerprint density at radius 3 is 2.54 bits per heavy atom. The molecular weight excluding hydrogens is 445 g/mol. The average molecular weight is 482 g/mol. The summed E-state index contributed by atoms with van der Waals surface area (Å²) in [7, 11) is 0. The minimum Gasteiger partial charge on any atom is -0.330 e. The zero-order chi connectivity index (χ0) is 24.7. The maximum absolute atomic E-state index is 13.7. The smallest absolute Gasteiger partial charge is 0.241 e. The van der Waals surface area contributed by atoms with Gasteiger partial charge in [0.05, 0.1) is 24.2 Å². The van der Waals surface area contributed by atoms with Crippen LogP contribution >= 0.6 is 0 Å². The molecular formula is C27H36FN5O2. The molecule has 2 N–H and O–H groups in total. The van der Waals surface area contributed by atoms with E-state index in [9.17, 15) is 19.2 Å². The fourth-order valence-corrected chi connectivity index (χ4v) is 6.98. The highest BCUT2D eigenvalue weighted by Crippen LogP contribution is 2.45. The van der Waals surface area contributed by atoms with E-state index < -0.39 is 12.1 Å². The molecule has 3 heterocycles. The van der Waals surface area contributed by atoms with Crippen LogP contribution in [0.25, 0.3) is 0 Å². The third-order valence-corrected chi connectivity index (χ3v) is 8.61. The van der Waals surface area contributed by atoms with Crippen molar-refractivity contribution < 1.29 is 14.0 Å². The Morgan fingerprint density at radius 2 is 1.89 bits per heavy atom. The van der Waals surface area contributed by atoms with Crippen molar-refractivity contribution in [2.45, 2.75) is 82.1 Å². The largest absolute Gasteiger partial charge is 0.330 e. The van der Waals surface area contributed by atoms with E-state index in [-0.39, 0.29) is 41.7 Å². The number of amides is 2. The Kier molecular flexibility index (Phi) is 6.82. The van der Waals surface area contributed by atoms with Crippen molar-refractivity contribution in [1.29, 1.82) is 5.26 Å². The van der Waals surface area contributed by atoms with Gasteiger partial charge in [-0.3, -0.25) is 14.5 Å². The van der Waals surface area contributed by atoms with Crippen molar-refractivity contribution in [2.24, 2.45) is 17.6 Å². The highest BCUT2D eigenvalue weighted by molar-refractivity contribution is 5.87. The third-order valence-electron chi connectivity index (χ3n) is 8.61. The molecule has 0 spiro atoms. The fraction of sp³-hybridized carbons (Fsp3) is 0.667. The van der Waals surface area contributed by atoms with Gasteiger partial charge in [0.2, 0.25) is 11.8 Å². The molecule has 4 unspecified atom stereocenters. The maximum atomic E-state index is 13.7. The maximum Gasteiger partial charge on any atom is 0.241 e. The van der Waals surface area contributed by atoms with Gasteiger partial charge in [0.1, 0.15) is 11.9 Å². The standard InChI is InChI=1S/C27H36FN5O2/c1-17-11-21(13-29)32(14-17)26(34)23(30)16-31-15-22-12-24(31)27(35)33(22)25(18-5-3-2-4-6-18)19-7-9-20(28)10-8-19/h7-10,17-18,21-25H,2-6,11-12,14-16,30H2,1H3/t17?,21?,22-,23?,24?,25-/m0/s1.